The third kappa shape index (κ3) is 3.31. The molecule has 1 aromatic carbocycles. The molecule has 0 radical (unpaired) electrons. The molecule has 2 aromatic rings. The second-order valence-electron chi connectivity index (χ2n) is 4.91. The van der Waals surface area contributed by atoms with Crippen molar-refractivity contribution in [2.45, 2.75) is 13.5 Å². The SMILES string of the molecule is COc1ccc(CNc2ncc(Cl)c(C)c2C#N)c(OC)c1OC. The zero-order valence-electron chi connectivity index (χ0n) is 13.9. The van der Waals surface area contributed by atoms with Gasteiger partial charge in [0.05, 0.1) is 31.9 Å². The summed E-state index contributed by atoms with van der Waals surface area (Å²) in [6.45, 7) is 2.18. The summed E-state index contributed by atoms with van der Waals surface area (Å²) in [6, 6.07) is 5.78. The number of methoxy groups -OCH3 is 3. The molecule has 0 fully saturated rings. The minimum absolute atomic E-state index is 0.395. The predicted octanol–water partition coefficient (Wildman–Crippen LogP) is 3.55. The Morgan fingerprint density at radius 2 is 1.88 bits per heavy atom. The van der Waals surface area contributed by atoms with E-state index in [-0.39, 0.29) is 0 Å². The van der Waals surface area contributed by atoms with Crippen LogP contribution in [-0.4, -0.2) is 26.3 Å². The molecule has 0 unspecified atom stereocenters. The number of anilines is 1. The van der Waals surface area contributed by atoms with Crippen LogP contribution in [-0.2, 0) is 6.54 Å². The van der Waals surface area contributed by atoms with Crippen molar-refractivity contribution in [2.24, 2.45) is 0 Å². The molecule has 0 saturated heterocycles. The minimum Gasteiger partial charge on any atom is -0.493 e. The van der Waals surface area contributed by atoms with Crippen LogP contribution in [0.25, 0.3) is 0 Å². The third-order valence-electron chi connectivity index (χ3n) is 3.62. The second-order valence-corrected chi connectivity index (χ2v) is 5.32. The van der Waals surface area contributed by atoms with E-state index >= 15 is 0 Å². The number of nitrogens with zero attached hydrogens (tertiary/aromatic N) is 2. The van der Waals surface area contributed by atoms with E-state index in [1.807, 2.05) is 6.07 Å². The first-order valence-electron chi connectivity index (χ1n) is 7.14. The van der Waals surface area contributed by atoms with Crippen molar-refractivity contribution in [3.05, 3.63) is 40.0 Å². The van der Waals surface area contributed by atoms with E-state index in [0.717, 1.165) is 5.56 Å². The number of nitrogens with one attached hydrogen (secondary N) is 1. The molecule has 0 aliphatic heterocycles. The molecule has 0 saturated carbocycles. The molecular weight excluding hydrogens is 330 g/mol. The van der Waals surface area contributed by atoms with Crippen LogP contribution in [0.15, 0.2) is 18.3 Å². The first-order valence-corrected chi connectivity index (χ1v) is 7.52. The number of ether oxygens (including phenoxy) is 3. The average Bonchev–Trinajstić information content (AvgIpc) is 2.61. The van der Waals surface area contributed by atoms with Gasteiger partial charge in [-0.15, -0.1) is 0 Å². The van der Waals surface area contributed by atoms with E-state index in [4.69, 9.17) is 25.8 Å². The molecule has 126 valence electrons. The van der Waals surface area contributed by atoms with Gasteiger partial charge in [0.25, 0.3) is 0 Å². The third-order valence-corrected chi connectivity index (χ3v) is 4.00. The standard InChI is InChI=1S/C17H18ClN3O3/c1-10-12(7-19)17(21-9-13(10)18)20-8-11-5-6-14(22-2)16(24-4)15(11)23-3/h5-6,9H,8H2,1-4H3,(H,20,21). The Labute approximate surface area is 145 Å². The van der Waals surface area contributed by atoms with Gasteiger partial charge >= 0.3 is 0 Å². The topological polar surface area (TPSA) is 76.4 Å². The number of aromatic nitrogens is 1. The van der Waals surface area contributed by atoms with E-state index < -0.39 is 0 Å². The van der Waals surface area contributed by atoms with Gasteiger partial charge in [0, 0.05) is 18.3 Å². The van der Waals surface area contributed by atoms with Crippen molar-refractivity contribution in [3.63, 3.8) is 0 Å². The number of hydrogen-bond donors (Lipinski definition) is 1. The molecule has 0 atom stereocenters. The number of nitriles is 1. The molecule has 24 heavy (non-hydrogen) atoms. The van der Waals surface area contributed by atoms with Crippen LogP contribution in [0.4, 0.5) is 5.82 Å². The number of rotatable bonds is 6. The van der Waals surface area contributed by atoms with Crippen LogP contribution in [0.1, 0.15) is 16.7 Å². The number of benzene rings is 1. The van der Waals surface area contributed by atoms with Gasteiger partial charge in [0.2, 0.25) is 5.75 Å². The fourth-order valence-corrected chi connectivity index (χ4v) is 2.48. The highest BCUT2D eigenvalue weighted by Gasteiger charge is 2.16. The largest absolute Gasteiger partial charge is 0.493 e. The lowest BCUT2D eigenvalue weighted by atomic mass is 10.1. The molecule has 1 aromatic heterocycles. The van der Waals surface area contributed by atoms with E-state index in [2.05, 4.69) is 16.4 Å². The van der Waals surface area contributed by atoms with E-state index in [0.29, 0.717) is 45.8 Å². The molecule has 1 heterocycles. The molecule has 0 bridgehead atoms. The van der Waals surface area contributed by atoms with Crippen molar-refractivity contribution in [1.29, 1.82) is 5.26 Å². The van der Waals surface area contributed by atoms with Crippen LogP contribution in [0.3, 0.4) is 0 Å². The molecule has 1 N–H and O–H groups in total. The lowest BCUT2D eigenvalue weighted by Crippen LogP contribution is -2.07. The van der Waals surface area contributed by atoms with Crippen LogP contribution in [0.2, 0.25) is 5.02 Å². The molecule has 7 heteroatoms. The van der Waals surface area contributed by atoms with Gasteiger partial charge in [-0.25, -0.2) is 4.98 Å². The fraction of sp³-hybridized carbons (Fsp3) is 0.294. The van der Waals surface area contributed by atoms with E-state index in [9.17, 15) is 5.26 Å². The first-order chi connectivity index (χ1) is 11.6. The van der Waals surface area contributed by atoms with Crippen molar-refractivity contribution < 1.29 is 14.2 Å². The summed E-state index contributed by atoms with van der Waals surface area (Å²) in [6.07, 6.45) is 1.52. The summed E-state index contributed by atoms with van der Waals surface area (Å²) in [5.41, 5.74) is 1.95. The van der Waals surface area contributed by atoms with E-state index in [1.54, 1.807) is 34.3 Å². The summed E-state index contributed by atoms with van der Waals surface area (Å²) < 4.78 is 16.1. The molecule has 0 aliphatic rings. The molecule has 0 spiro atoms. The zero-order valence-corrected chi connectivity index (χ0v) is 14.7. The number of halogens is 1. The summed E-state index contributed by atoms with van der Waals surface area (Å²) in [7, 11) is 4.68. The van der Waals surface area contributed by atoms with Gasteiger partial charge < -0.3 is 19.5 Å². The van der Waals surface area contributed by atoms with Crippen molar-refractivity contribution in [1.82, 2.24) is 4.98 Å². The second kappa shape index (κ2) is 7.75. The maximum Gasteiger partial charge on any atom is 0.203 e. The van der Waals surface area contributed by atoms with Crippen LogP contribution >= 0.6 is 11.6 Å². The summed E-state index contributed by atoms with van der Waals surface area (Å²) >= 11 is 6.01. The Hall–Kier alpha value is -2.65. The molecule has 2 rings (SSSR count). The van der Waals surface area contributed by atoms with Gasteiger partial charge in [-0.2, -0.15) is 5.26 Å². The Balaban J connectivity index is 2.34. The fourth-order valence-electron chi connectivity index (χ4n) is 2.33. The Bertz CT molecular complexity index is 788. The van der Waals surface area contributed by atoms with E-state index in [1.165, 1.54) is 6.20 Å². The van der Waals surface area contributed by atoms with Gasteiger partial charge in [-0.1, -0.05) is 11.6 Å². The molecule has 6 nitrogen and oxygen atoms in total. The highest BCUT2D eigenvalue weighted by molar-refractivity contribution is 6.31. The highest BCUT2D eigenvalue weighted by Crippen LogP contribution is 2.40. The van der Waals surface area contributed by atoms with Crippen LogP contribution in [0.5, 0.6) is 17.2 Å². The van der Waals surface area contributed by atoms with Gasteiger partial charge in [-0.05, 0) is 24.6 Å². The van der Waals surface area contributed by atoms with Crippen molar-refractivity contribution in [2.75, 3.05) is 26.6 Å². The monoisotopic (exact) mass is 347 g/mol. The van der Waals surface area contributed by atoms with Gasteiger partial charge in [-0.3, -0.25) is 0 Å². The summed E-state index contributed by atoms with van der Waals surface area (Å²) in [4.78, 5) is 4.19. The molecule has 0 amide bonds. The Kier molecular flexibility index (Phi) is 5.72. The highest BCUT2D eigenvalue weighted by atomic mass is 35.5. The maximum absolute atomic E-state index is 9.32. The Morgan fingerprint density at radius 1 is 1.17 bits per heavy atom. The van der Waals surface area contributed by atoms with Gasteiger partial charge in [0.1, 0.15) is 11.9 Å². The van der Waals surface area contributed by atoms with Crippen LogP contribution in [0, 0.1) is 18.3 Å². The molecule has 0 aliphatic carbocycles. The maximum atomic E-state index is 9.32. The van der Waals surface area contributed by atoms with Crippen LogP contribution < -0.4 is 19.5 Å². The number of hydrogen-bond acceptors (Lipinski definition) is 6. The van der Waals surface area contributed by atoms with Gasteiger partial charge in [0.15, 0.2) is 11.5 Å². The predicted molar refractivity (Wildman–Crippen MR) is 92.1 cm³/mol. The zero-order chi connectivity index (χ0) is 17.7. The summed E-state index contributed by atoms with van der Waals surface area (Å²) in [5, 5.41) is 12.9. The smallest absolute Gasteiger partial charge is 0.203 e. The normalized spacial score (nSPS) is 10.0. The minimum atomic E-state index is 0.395. The lowest BCUT2D eigenvalue weighted by molar-refractivity contribution is 0.322. The van der Waals surface area contributed by atoms with Crippen molar-refractivity contribution >= 4 is 17.4 Å². The first kappa shape index (κ1) is 17.7. The van der Waals surface area contributed by atoms with Crippen molar-refractivity contribution in [3.8, 4) is 23.3 Å². The quantitative estimate of drug-likeness (QED) is 0.861. The lowest BCUT2D eigenvalue weighted by Gasteiger charge is -2.16. The summed E-state index contributed by atoms with van der Waals surface area (Å²) in [5.74, 6) is 2.13. The number of pyridine rings is 1. The molecular formula is C17H18ClN3O3. The Morgan fingerprint density at radius 3 is 2.46 bits per heavy atom. The average molecular weight is 348 g/mol.